The van der Waals surface area contributed by atoms with E-state index in [2.05, 4.69) is 29.3 Å². The lowest BCUT2D eigenvalue weighted by molar-refractivity contribution is -0.111. The van der Waals surface area contributed by atoms with Gasteiger partial charge in [-0.15, -0.1) is 0 Å². The van der Waals surface area contributed by atoms with Crippen LogP contribution in [-0.4, -0.2) is 46.2 Å². The minimum atomic E-state index is -0.194. The largest absolute Gasteiger partial charge is 0.323 e. The average molecular weight is 438 g/mol. The molecule has 1 N–H and O–H groups in total. The van der Waals surface area contributed by atoms with Gasteiger partial charge in [0.2, 0.25) is 5.91 Å². The van der Waals surface area contributed by atoms with Gasteiger partial charge in [-0.3, -0.25) is 9.78 Å². The van der Waals surface area contributed by atoms with E-state index in [0.717, 1.165) is 41.2 Å². The van der Waals surface area contributed by atoms with Gasteiger partial charge in [-0.05, 0) is 68.6 Å². The number of anilines is 1. The minimum absolute atomic E-state index is 0.194. The Morgan fingerprint density at radius 3 is 2.52 bits per heavy atom. The van der Waals surface area contributed by atoms with E-state index >= 15 is 0 Å². The van der Waals surface area contributed by atoms with Crippen LogP contribution in [-0.2, 0) is 11.2 Å². The molecule has 0 saturated carbocycles. The van der Waals surface area contributed by atoms with Gasteiger partial charge in [0, 0.05) is 48.0 Å². The van der Waals surface area contributed by atoms with Gasteiger partial charge in [0.15, 0.2) is 0 Å². The van der Waals surface area contributed by atoms with Crippen LogP contribution in [0.3, 0.4) is 0 Å². The van der Waals surface area contributed by atoms with Crippen molar-refractivity contribution in [3.05, 3.63) is 103 Å². The van der Waals surface area contributed by atoms with Gasteiger partial charge in [0.05, 0.1) is 5.69 Å². The van der Waals surface area contributed by atoms with E-state index in [1.165, 1.54) is 11.6 Å². The van der Waals surface area contributed by atoms with E-state index in [1.807, 2.05) is 77.6 Å². The van der Waals surface area contributed by atoms with Gasteiger partial charge in [-0.2, -0.15) is 5.10 Å². The summed E-state index contributed by atoms with van der Waals surface area (Å²) in [7, 11) is 4.12. The normalized spacial score (nSPS) is 11.2. The fourth-order valence-corrected chi connectivity index (χ4v) is 3.41. The van der Waals surface area contributed by atoms with Crippen LogP contribution in [0.15, 0.2) is 91.4 Å². The molecule has 33 heavy (non-hydrogen) atoms. The summed E-state index contributed by atoms with van der Waals surface area (Å²) in [4.78, 5) is 18.9. The first-order valence-electron chi connectivity index (χ1n) is 10.9. The first kappa shape index (κ1) is 22.2. The van der Waals surface area contributed by atoms with Crippen LogP contribution in [0, 0.1) is 0 Å². The molecule has 6 heteroatoms. The highest BCUT2D eigenvalue weighted by Gasteiger charge is 2.11. The van der Waals surface area contributed by atoms with Crippen LogP contribution in [0.1, 0.15) is 11.1 Å². The Morgan fingerprint density at radius 2 is 1.82 bits per heavy atom. The lowest BCUT2D eigenvalue weighted by Gasteiger charge is -2.09. The number of aromatic nitrogens is 3. The number of likely N-dealkylation sites (N-methyl/N-ethyl adjacent to an activating group) is 1. The Bertz CT molecular complexity index is 1210. The number of pyridine rings is 1. The Kier molecular flexibility index (Phi) is 7.07. The zero-order valence-corrected chi connectivity index (χ0v) is 18.8. The molecule has 0 bridgehead atoms. The van der Waals surface area contributed by atoms with E-state index in [0.29, 0.717) is 0 Å². The number of hydrogen-bond donors (Lipinski definition) is 1. The fourth-order valence-electron chi connectivity index (χ4n) is 3.41. The van der Waals surface area contributed by atoms with Crippen LogP contribution < -0.4 is 5.32 Å². The summed E-state index contributed by atoms with van der Waals surface area (Å²) in [6.07, 6.45) is 9.71. The maximum atomic E-state index is 12.6. The quantitative estimate of drug-likeness (QED) is 0.406. The molecule has 1 amide bonds. The van der Waals surface area contributed by atoms with Crippen molar-refractivity contribution in [2.45, 2.75) is 6.42 Å². The van der Waals surface area contributed by atoms with Crippen molar-refractivity contribution in [3.63, 3.8) is 0 Å². The van der Waals surface area contributed by atoms with Gasteiger partial charge in [0.1, 0.15) is 5.69 Å². The fraction of sp³-hybridized carbons (Fsp3) is 0.148. The third-order valence-corrected chi connectivity index (χ3v) is 5.18. The summed E-state index contributed by atoms with van der Waals surface area (Å²) in [5.41, 5.74) is 5.45. The Labute approximate surface area is 194 Å². The van der Waals surface area contributed by atoms with Gasteiger partial charge in [-0.1, -0.05) is 30.3 Å². The molecule has 0 radical (unpaired) electrons. The molecule has 2 aromatic carbocycles. The van der Waals surface area contributed by atoms with E-state index in [1.54, 1.807) is 18.5 Å². The standard InChI is InChI=1S/C27H27N5O/c1-31(2)18-16-21-10-13-24(14-11-21)29-26(33)15-12-23-20-32(25-8-4-3-5-9-25)30-27(23)22-7-6-17-28-19-22/h3-15,17,19-20H,16,18H2,1-2H3,(H,29,33)/b15-12+. The number of benzene rings is 2. The number of para-hydroxylation sites is 1. The zero-order chi connectivity index (χ0) is 23.0. The number of amides is 1. The monoisotopic (exact) mass is 437 g/mol. The first-order valence-corrected chi connectivity index (χ1v) is 10.9. The zero-order valence-electron chi connectivity index (χ0n) is 18.8. The second kappa shape index (κ2) is 10.5. The number of carbonyl (C=O) groups is 1. The maximum absolute atomic E-state index is 12.6. The molecule has 0 saturated heterocycles. The van der Waals surface area contributed by atoms with Crippen molar-refractivity contribution in [2.24, 2.45) is 0 Å². The first-order chi connectivity index (χ1) is 16.1. The van der Waals surface area contributed by atoms with Crippen molar-refractivity contribution < 1.29 is 4.79 Å². The van der Waals surface area contributed by atoms with Crippen LogP contribution >= 0.6 is 0 Å². The molecule has 0 aliphatic heterocycles. The minimum Gasteiger partial charge on any atom is -0.323 e. The third kappa shape index (κ3) is 6.02. The Balaban J connectivity index is 1.51. The van der Waals surface area contributed by atoms with Crippen molar-refractivity contribution in [1.82, 2.24) is 19.7 Å². The summed E-state index contributed by atoms with van der Waals surface area (Å²) in [5.74, 6) is -0.194. The van der Waals surface area contributed by atoms with E-state index in [9.17, 15) is 4.79 Å². The van der Waals surface area contributed by atoms with Crippen LogP contribution in [0.5, 0.6) is 0 Å². The molecule has 4 rings (SSSR count). The second-order valence-corrected chi connectivity index (χ2v) is 8.03. The topological polar surface area (TPSA) is 63.1 Å². The predicted molar refractivity (Wildman–Crippen MR) is 133 cm³/mol. The number of carbonyl (C=O) groups excluding carboxylic acids is 1. The molecule has 0 aliphatic carbocycles. The Morgan fingerprint density at radius 1 is 1.03 bits per heavy atom. The van der Waals surface area contributed by atoms with Gasteiger partial charge in [-0.25, -0.2) is 4.68 Å². The molecular formula is C27H27N5O. The van der Waals surface area contributed by atoms with Crippen LogP contribution in [0.25, 0.3) is 23.0 Å². The van der Waals surface area contributed by atoms with E-state index in [4.69, 9.17) is 5.10 Å². The number of nitrogens with zero attached hydrogens (tertiary/aromatic N) is 4. The van der Waals surface area contributed by atoms with Gasteiger partial charge < -0.3 is 10.2 Å². The average Bonchev–Trinajstić information content (AvgIpc) is 3.28. The SMILES string of the molecule is CN(C)CCc1ccc(NC(=O)/C=C/c2cn(-c3ccccc3)nc2-c2cccnc2)cc1. The highest BCUT2D eigenvalue weighted by molar-refractivity contribution is 6.02. The second-order valence-electron chi connectivity index (χ2n) is 8.03. The van der Waals surface area contributed by atoms with Crippen molar-refractivity contribution in [2.75, 3.05) is 26.0 Å². The summed E-state index contributed by atoms with van der Waals surface area (Å²) in [6.45, 7) is 0.990. The maximum Gasteiger partial charge on any atom is 0.248 e. The molecule has 0 unspecified atom stereocenters. The predicted octanol–water partition coefficient (Wildman–Crippen LogP) is 4.69. The van der Waals surface area contributed by atoms with E-state index < -0.39 is 0 Å². The summed E-state index contributed by atoms with van der Waals surface area (Å²) < 4.78 is 1.81. The molecule has 0 atom stereocenters. The van der Waals surface area contributed by atoms with Crippen molar-refractivity contribution >= 4 is 17.7 Å². The summed E-state index contributed by atoms with van der Waals surface area (Å²) in [5, 5.41) is 7.67. The van der Waals surface area contributed by atoms with E-state index in [-0.39, 0.29) is 5.91 Å². The molecule has 0 aliphatic rings. The molecule has 6 nitrogen and oxygen atoms in total. The van der Waals surface area contributed by atoms with Crippen LogP contribution in [0.4, 0.5) is 5.69 Å². The smallest absolute Gasteiger partial charge is 0.248 e. The molecule has 4 aromatic rings. The molecular weight excluding hydrogens is 410 g/mol. The third-order valence-electron chi connectivity index (χ3n) is 5.18. The molecule has 166 valence electrons. The van der Waals surface area contributed by atoms with Gasteiger partial charge in [0.25, 0.3) is 0 Å². The van der Waals surface area contributed by atoms with Crippen molar-refractivity contribution in [3.8, 4) is 16.9 Å². The molecule has 0 fully saturated rings. The lowest BCUT2D eigenvalue weighted by Crippen LogP contribution is -2.15. The lowest BCUT2D eigenvalue weighted by atomic mass is 10.1. The summed E-state index contributed by atoms with van der Waals surface area (Å²) in [6, 6.07) is 21.7. The number of rotatable bonds is 8. The molecule has 0 spiro atoms. The Hall–Kier alpha value is -4.03. The van der Waals surface area contributed by atoms with Gasteiger partial charge >= 0.3 is 0 Å². The van der Waals surface area contributed by atoms with Crippen molar-refractivity contribution in [1.29, 1.82) is 0 Å². The van der Waals surface area contributed by atoms with Crippen LogP contribution in [0.2, 0.25) is 0 Å². The highest BCUT2D eigenvalue weighted by Crippen LogP contribution is 2.24. The number of hydrogen-bond acceptors (Lipinski definition) is 4. The number of nitrogens with one attached hydrogen (secondary N) is 1. The highest BCUT2D eigenvalue weighted by atomic mass is 16.1. The molecule has 2 heterocycles. The summed E-state index contributed by atoms with van der Waals surface area (Å²) >= 11 is 0. The molecule has 2 aromatic heterocycles.